The summed E-state index contributed by atoms with van der Waals surface area (Å²) in [4.78, 5) is 14.5. The van der Waals surface area contributed by atoms with Crippen LogP contribution in [0.5, 0.6) is 5.75 Å². The van der Waals surface area contributed by atoms with Gasteiger partial charge in [0, 0.05) is 7.05 Å². The number of halogens is 1. The van der Waals surface area contributed by atoms with E-state index in [2.05, 4.69) is 15.9 Å². The molecule has 2 aromatic rings. The zero-order chi connectivity index (χ0) is 14.5. The van der Waals surface area contributed by atoms with Crippen LogP contribution in [0.2, 0.25) is 0 Å². The third kappa shape index (κ3) is 3.84. The molecule has 106 valence electrons. The summed E-state index contributed by atoms with van der Waals surface area (Å²) in [5.74, 6) is 0.890. The van der Waals surface area contributed by atoms with Gasteiger partial charge in [0.05, 0.1) is 15.2 Å². The van der Waals surface area contributed by atoms with Gasteiger partial charge in [-0.3, -0.25) is 4.79 Å². The van der Waals surface area contributed by atoms with Gasteiger partial charge in [-0.25, -0.2) is 0 Å². The van der Waals surface area contributed by atoms with Crippen molar-refractivity contribution in [2.45, 2.75) is 6.92 Å². The summed E-state index contributed by atoms with van der Waals surface area (Å²) in [7, 11) is 1.79. The lowest BCUT2D eigenvalue weighted by atomic mass is 10.2. The van der Waals surface area contributed by atoms with Crippen molar-refractivity contribution in [1.82, 2.24) is 4.90 Å². The maximum absolute atomic E-state index is 12.1. The fourth-order valence-corrected chi connectivity index (χ4v) is 3.11. The second-order valence-corrected chi connectivity index (χ2v) is 6.91. The Morgan fingerprint density at radius 2 is 2.05 bits per heavy atom. The number of aryl methyl sites for hydroxylation is 1. The van der Waals surface area contributed by atoms with Crippen LogP contribution in [-0.4, -0.2) is 31.0 Å². The van der Waals surface area contributed by atoms with Gasteiger partial charge in [-0.2, -0.15) is 0 Å². The van der Waals surface area contributed by atoms with Gasteiger partial charge in [0.2, 0.25) is 0 Å². The van der Waals surface area contributed by atoms with Gasteiger partial charge in [-0.05, 0) is 46.6 Å². The van der Waals surface area contributed by atoms with Crippen LogP contribution in [0.4, 0.5) is 0 Å². The first-order valence-corrected chi connectivity index (χ1v) is 7.88. The molecule has 0 aliphatic carbocycles. The number of likely N-dealkylation sites (N-methyl/N-ethyl adjacent to an activating group) is 1. The third-order valence-electron chi connectivity index (χ3n) is 2.91. The quantitative estimate of drug-likeness (QED) is 0.813. The Hall–Kier alpha value is -1.33. The summed E-state index contributed by atoms with van der Waals surface area (Å²) < 4.78 is 6.66. The standard InChI is InChI=1S/C15H16BrNO2S/c1-11-5-3-4-6-12(11)19-10-9-17(2)15(18)13-7-8-14(16)20-13/h3-8H,9-10H2,1-2H3. The van der Waals surface area contributed by atoms with Crippen molar-refractivity contribution in [2.24, 2.45) is 0 Å². The number of carbonyl (C=O) groups excluding carboxylic acids is 1. The lowest BCUT2D eigenvalue weighted by molar-refractivity contribution is 0.0778. The lowest BCUT2D eigenvalue weighted by Gasteiger charge is -2.17. The highest BCUT2D eigenvalue weighted by molar-refractivity contribution is 9.11. The van der Waals surface area contributed by atoms with Crippen molar-refractivity contribution in [1.29, 1.82) is 0 Å². The summed E-state index contributed by atoms with van der Waals surface area (Å²) in [6.07, 6.45) is 0. The van der Waals surface area contributed by atoms with Crippen LogP contribution in [0.1, 0.15) is 15.2 Å². The fraction of sp³-hybridized carbons (Fsp3) is 0.267. The van der Waals surface area contributed by atoms with E-state index in [4.69, 9.17) is 4.74 Å². The van der Waals surface area contributed by atoms with E-state index in [1.165, 1.54) is 11.3 Å². The Labute approximate surface area is 131 Å². The molecule has 0 saturated heterocycles. The maximum Gasteiger partial charge on any atom is 0.263 e. The van der Waals surface area contributed by atoms with Gasteiger partial charge in [0.15, 0.2) is 0 Å². The molecular weight excluding hydrogens is 338 g/mol. The van der Waals surface area contributed by atoms with Crippen molar-refractivity contribution in [3.63, 3.8) is 0 Å². The number of rotatable bonds is 5. The topological polar surface area (TPSA) is 29.5 Å². The molecule has 0 aliphatic heterocycles. The molecule has 0 radical (unpaired) electrons. The Morgan fingerprint density at radius 1 is 1.30 bits per heavy atom. The van der Waals surface area contributed by atoms with E-state index in [1.807, 2.05) is 43.3 Å². The van der Waals surface area contributed by atoms with Crippen LogP contribution < -0.4 is 4.74 Å². The van der Waals surface area contributed by atoms with E-state index in [9.17, 15) is 4.79 Å². The molecule has 0 N–H and O–H groups in total. The van der Waals surface area contributed by atoms with Gasteiger partial charge in [-0.15, -0.1) is 11.3 Å². The Kier molecular flexibility index (Phi) is 5.20. The highest BCUT2D eigenvalue weighted by atomic mass is 79.9. The van der Waals surface area contributed by atoms with Crippen molar-refractivity contribution in [2.75, 3.05) is 20.2 Å². The van der Waals surface area contributed by atoms with E-state index in [-0.39, 0.29) is 5.91 Å². The summed E-state index contributed by atoms with van der Waals surface area (Å²) in [6, 6.07) is 11.6. The summed E-state index contributed by atoms with van der Waals surface area (Å²) in [5, 5.41) is 0. The van der Waals surface area contributed by atoms with E-state index in [0.717, 1.165) is 20.0 Å². The predicted octanol–water partition coefficient (Wildman–Crippen LogP) is 3.97. The monoisotopic (exact) mass is 353 g/mol. The number of hydrogen-bond donors (Lipinski definition) is 0. The lowest BCUT2D eigenvalue weighted by Crippen LogP contribution is -2.30. The Balaban J connectivity index is 1.85. The van der Waals surface area contributed by atoms with Gasteiger partial charge in [-0.1, -0.05) is 18.2 Å². The number of nitrogens with zero attached hydrogens (tertiary/aromatic N) is 1. The highest BCUT2D eigenvalue weighted by Gasteiger charge is 2.13. The summed E-state index contributed by atoms with van der Waals surface area (Å²) >= 11 is 4.80. The fourth-order valence-electron chi connectivity index (χ4n) is 1.73. The Morgan fingerprint density at radius 3 is 2.70 bits per heavy atom. The van der Waals surface area contributed by atoms with Gasteiger partial charge < -0.3 is 9.64 Å². The van der Waals surface area contributed by atoms with Crippen molar-refractivity contribution >= 4 is 33.2 Å². The second-order valence-electron chi connectivity index (χ2n) is 4.44. The molecule has 0 aliphatic rings. The molecule has 1 heterocycles. The zero-order valence-electron chi connectivity index (χ0n) is 11.4. The van der Waals surface area contributed by atoms with Gasteiger partial charge in [0.25, 0.3) is 5.91 Å². The largest absolute Gasteiger partial charge is 0.491 e. The van der Waals surface area contributed by atoms with Crippen LogP contribution >= 0.6 is 27.3 Å². The van der Waals surface area contributed by atoms with E-state index in [1.54, 1.807) is 11.9 Å². The third-order valence-corrected chi connectivity index (χ3v) is 4.52. The predicted molar refractivity (Wildman–Crippen MR) is 85.7 cm³/mol. The Bertz CT molecular complexity index is 597. The van der Waals surface area contributed by atoms with Crippen molar-refractivity contribution in [3.8, 4) is 5.75 Å². The number of para-hydroxylation sites is 1. The molecule has 1 aromatic heterocycles. The second kappa shape index (κ2) is 6.90. The molecular formula is C15H16BrNO2S. The average molecular weight is 354 g/mol. The molecule has 20 heavy (non-hydrogen) atoms. The number of ether oxygens (including phenoxy) is 1. The molecule has 1 aromatic carbocycles. The molecule has 0 atom stereocenters. The number of thiophene rings is 1. The minimum Gasteiger partial charge on any atom is -0.491 e. The minimum atomic E-state index is 0.0223. The van der Waals surface area contributed by atoms with Crippen LogP contribution in [0.15, 0.2) is 40.2 Å². The van der Waals surface area contributed by atoms with Gasteiger partial charge in [0.1, 0.15) is 12.4 Å². The van der Waals surface area contributed by atoms with E-state index < -0.39 is 0 Å². The molecule has 0 spiro atoms. The number of carbonyl (C=O) groups is 1. The van der Waals surface area contributed by atoms with Crippen LogP contribution in [0.3, 0.4) is 0 Å². The normalized spacial score (nSPS) is 10.3. The van der Waals surface area contributed by atoms with Crippen molar-refractivity contribution < 1.29 is 9.53 Å². The molecule has 3 nitrogen and oxygen atoms in total. The van der Waals surface area contributed by atoms with E-state index >= 15 is 0 Å². The highest BCUT2D eigenvalue weighted by Crippen LogP contribution is 2.23. The minimum absolute atomic E-state index is 0.0223. The molecule has 0 saturated carbocycles. The van der Waals surface area contributed by atoms with Crippen LogP contribution in [0.25, 0.3) is 0 Å². The summed E-state index contributed by atoms with van der Waals surface area (Å²) in [5.41, 5.74) is 1.10. The SMILES string of the molecule is Cc1ccccc1OCCN(C)C(=O)c1ccc(Br)s1. The van der Waals surface area contributed by atoms with E-state index in [0.29, 0.717) is 13.2 Å². The van der Waals surface area contributed by atoms with Crippen LogP contribution in [-0.2, 0) is 0 Å². The molecule has 2 rings (SSSR count). The maximum atomic E-state index is 12.1. The first kappa shape index (κ1) is 15.1. The number of hydrogen-bond acceptors (Lipinski definition) is 3. The zero-order valence-corrected chi connectivity index (χ0v) is 13.8. The van der Waals surface area contributed by atoms with Gasteiger partial charge >= 0.3 is 0 Å². The number of benzene rings is 1. The first-order valence-electron chi connectivity index (χ1n) is 6.27. The van der Waals surface area contributed by atoms with Crippen LogP contribution in [0, 0.1) is 6.92 Å². The molecule has 1 amide bonds. The average Bonchev–Trinajstić information content (AvgIpc) is 2.86. The number of amides is 1. The van der Waals surface area contributed by atoms with Crippen molar-refractivity contribution in [3.05, 3.63) is 50.6 Å². The molecule has 0 bridgehead atoms. The smallest absolute Gasteiger partial charge is 0.263 e. The molecule has 0 unspecified atom stereocenters. The summed E-state index contributed by atoms with van der Waals surface area (Å²) in [6.45, 7) is 3.05. The molecule has 0 fully saturated rings. The molecule has 5 heteroatoms. The first-order chi connectivity index (χ1) is 9.58.